The molecule has 3 rings (SSSR count). The minimum atomic E-state index is -0.0000913. The topological polar surface area (TPSA) is 45.2 Å². The predicted molar refractivity (Wildman–Crippen MR) is 79.4 cm³/mol. The molecular formula is C16H19N3O. The highest BCUT2D eigenvalue weighted by Crippen LogP contribution is 2.20. The van der Waals surface area contributed by atoms with Crippen molar-refractivity contribution in [2.45, 2.75) is 25.9 Å². The van der Waals surface area contributed by atoms with Gasteiger partial charge in [-0.3, -0.25) is 14.7 Å². The van der Waals surface area contributed by atoms with Gasteiger partial charge in [-0.1, -0.05) is 12.1 Å². The van der Waals surface area contributed by atoms with Gasteiger partial charge in [-0.25, -0.2) is 0 Å². The van der Waals surface area contributed by atoms with Crippen molar-refractivity contribution < 1.29 is 4.79 Å². The first kappa shape index (κ1) is 13.1. The second kappa shape index (κ2) is 5.21. The molecule has 1 amide bonds. The minimum absolute atomic E-state index is 0.0000913. The van der Waals surface area contributed by atoms with E-state index >= 15 is 0 Å². The summed E-state index contributed by atoms with van der Waals surface area (Å²) in [6, 6.07) is 8.37. The zero-order chi connectivity index (χ0) is 14.1. The summed E-state index contributed by atoms with van der Waals surface area (Å²) < 4.78 is 0. The van der Waals surface area contributed by atoms with Gasteiger partial charge < -0.3 is 5.32 Å². The first-order valence-electron chi connectivity index (χ1n) is 6.97. The Morgan fingerprint density at radius 1 is 1.45 bits per heavy atom. The second-order valence-electron chi connectivity index (χ2n) is 5.50. The molecule has 1 unspecified atom stereocenters. The lowest BCUT2D eigenvalue weighted by Crippen LogP contribution is -2.37. The molecule has 1 aromatic carbocycles. The van der Waals surface area contributed by atoms with Crippen LogP contribution in [0.3, 0.4) is 0 Å². The van der Waals surface area contributed by atoms with Crippen molar-refractivity contribution >= 4 is 16.8 Å². The fourth-order valence-electron chi connectivity index (χ4n) is 2.94. The maximum Gasteiger partial charge on any atom is 0.237 e. The number of nitrogens with zero attached hydrogens (tertiary/aromatic N) is 2. The summed E-state index contributed by atoms with van der Waals surface area (Å²) in [7, 11) is 2.01. The lowest BCUT2D eigenvalue weighted by atomic mass is 10.1. The molecule has 1 atom stereocenters. The van der Waals surface area contributed by atoms with Gasteiger partial charge in [-0.05, 0) is 43.7 Å². The molecule has 0 radical (unpaired) electrons. The molecule has 20 heavy (non-hydrogen) atoms. The highest BCUT2D eigenvalue weighted by Gasteiger charge is 2.27. The third-order valence-electron chi connectivity index (χ3n) is 3.94. The molecule has 4 nitrogen and oxygen atoms in total. The standard InChI is InChI=1S/C16H19N3O/c1-11-8-12(9-13-4-3-6-17-15(11)13)10-19(2)14-5-7-18-16(14)20/h3-4,6,8-9,14H,5,7,10H2,1-2H3,(H,18,20). The van der Waals surface area contributed by atoms with E-state index in [1.54, 1.807) is 0 Å². The number of carbonyl (C=O) groups is 1. The Morgan fingerprint density at radius 3 is 3.05 bits per heavy atom. The number of amides is 1. The fourth-order valence-corrected chi connectivity index (χ4v) is 2.94. The van der Waals surface area contributed by atoms with E-state index in [1.165, 1.54) is 11.1 Å². The predicted octanol–water partition coefficient (Wildman–Crippen LogP) is 1.86. The van der Waals surface area contributed by atoms with Crippen LogP contribution in [-0.4, -0.2) is 35.4 Å². The van der Waals surface area contributed by atoms with Crippen LogP contribution in [0, 0.1) is 6.92 Å². The molecule has 0 spiro atoms. The summed E-state index contributed by atoms with van der Waals surface area (Å²) in [6.07, 6.45) is 2.72. The summed E-state index contributed by atoms with van der Waals surface area (Å²) in [4.78, 5) is 18.3. The van der Waals surface area contributed by atoms with Crippen molar-refractivity contribution in [3.05, 3.63) is 41.6 Å². The molecule has 0 aliphatic carbocycles. The third kappa shape index (κ3) is 2.39. The van der Waals surface area contributed by atoms with E-state index < -0.39 is 0 Å². The number of rotatable bonds is 3. The second-order valence-corrected chi connectivity index (χ2v) is 5.50. The van der Waals surface area contributed by atoms with Crippen molar-refractivity contribution in [1.82, 2.24) is 15.2 Å². The van der Waals surface area contributed by atoms with Crippen LogP contribution < -0.4 is 5.32 Å². The Labute approximate surface area is 118 Å². The van der Waals surface area contributed by atoms with Crippen LogP contribution in [0.2, 0.25) is 0 Å². The van der Waals surface area contributed by atoms with Gasteiger partial charge >= 0.3 is 0 Å². The molecule has 104 valence electrons. The number of hydrogen-bond donors (Lipinski definition) is 1. The molecule has 1 fully saturated rings. The maximum absolute atomic E-state index is 11.7. The highest BCUT2D eigenvalue weighted by molar-refractivity contribution is 5.84. The largest absolute Gasteiger partial charge is 0.355 e. The van der Waals surface area contributed by atoms with Gasteiger partial charge in [0.1, 0.15) is 0 Å². The Bertz CT molecular complexity index is 653. The van der Waals surface area contributed by atoms with Crippen LogP contribution in [-0.2, 0) is 11.3 Å². The number of aryl methyl sites for hydroxylation is 1. The Balaban J connectivity index is 1.85. The average Bonchev–Trinajstić information content (AvgIpc) is 2.85. The van der Waals surface area contributed by atoms with E-state index in [0.29, 0.717) is 0 Å². The van der Waals surface area contributed by atoms with Gasteiger partial charge in [0.2, 0.25) is 5.91 Å². The smallest absolute Gasteiger partial charge is 0.237 e. The van der Waals surface area contributed by atoms with Gasteiger partial charge in [-0.2, -0.15) is 0 Å². The Hall–Kier alpha value is -1.94. The van der Waals surface area contributed by atoms with Crippen LogP contribution in [0.5, 0.6) is 0 Å². The quantitative estimate of drug-likeness (QED) is 0.925. The molecule has 1 aliphatic heterocycles. The van der Waals surface area contributed by atoms with Gasteiger partial charge in [-0.15, -0.1) is 0 Å². The van der Waals surface area contributed by atoms with E-state index in [1.807, 2.05) is 19.3 Å². The van der Waals surface area contributed by atoms with Gasteiger partial charge in [0.15, 0.2) is 0 Å². The Morgan fingerprint density at radius 2 is 2.30 bits per heavy atom. The molecule has 1 N–H and O–H groups in total. The van der Waals surface area contributed by atoms with Gasteiger partial charge in [0, 0.05) is 24.7 Å². The minimum Gasteiger partial charge on any atom is -0.355 e. The molecule has 4 heteroatoms. The van der Waals surface area contributed by atoms with Crippen molar-refractivity contribution in [3.8, 4) is 0 Å². The number of likely N-dealkylation sites (N-methyl/N-ethyl adjacent to an activating group) is 1. The number of carbonyl (C=O) groups excluding carboxylic acids is 1. The van der Waals surface area contributed by atoms with Crippen LogP contribution >= 0.6 is 0 Å². The molecule has 2 heterocycles. The SMILES string of the molecule is Cc1cc(CN(C)C2CCNC2=O)cc2cccnc12. The number of pyridine rings is 1. The summed E-state index contributed by atoms with van der Waals surface area (Å²) >= 11 is 0. The molecule has 1 aromatic heterocycles. The van der Waals surface area contributed by atoms with E-state index in [4.69, 9.17) is 0 Å². The average molecular weight is 269 g/mol. The van der Waals surface area contributed by atoms with Crippen LogP contribution in [0.1, 0.15) is 17.5 Å². The normalized spacial score (nSPS) is 18.8. The lowest BCUT2D eigenvalue weighted by molar-refractivity contribution is -0.123. The number of benzene rings is 1. The van der Waals surface area contributed by atoms with E-state index in [9.17, 15) is 4.79 Å². The molecule has 1 saturated heterocycles. The number of fused-ring (bicyclic) bond motifs is 1. The Kier molecular flexibility index (Phi) is 3.40. The highest BCUT2D eigenvalue weighted by atomic mass is 16.2. The zero-order valence-corrected chi connectivity index (χ0v) is 11.9. The van der Waals surface area contributed by atoms with Gasteiger partial charge in [0.25, 0.3) is 0 Å². The molecular weight excluding hydrogens is 250 g/mol. The number of nitrogens with one attached hydrogen (secondary N) is 1. The lowest BCUT2D eigenvalue weighted by Gasteiger charge is -2.22. The summed E-state index contributed by atoms with van der Waals surface area (Å²) in [5, 5.41) is 4.05. The first-order valence-corrected chi connectivity index (χ1v) is 6.97. The molecule has 2 aromatic rings. The van der Waals surface area contributed by atoms with E-state index in [-0.39, 0.29) is 11.9 Å². The van der Waals surface area contributed by atoms with E-state index in [0.717, 1.165) is 30.4 Å². The van der Waals surface area contributed by atoms with Crippen molar-refractivity contribution in [2.24, 2.45) is 0 Å². The van der Waals surface area contributed by atoms with E-state index in [2.05, 4.69) is 40.3 Å². The van der Waals surface area contributed by atoms with Crippen molar-refractivity contribution in [1.29, 1.82) is 0 Å². The van der Waals surface area contributed by atoms with Crippen LogP contribution in [0.4, 0.5) is 0 Å². The molecule has 1 aliphatic rings. The third-order valence-corrected chi connectivity index (χ3v) is 3.94. The zero-order valence-electron chi connectivity index (χ0n) is 11.9. The summed E-state index contributed by atoms with van der Waals surface area (Å²) in [5.74, 6) is 0.145. The first-order chi connectivity index (χ1) is 9.65. The number of aromatic nitrogens is 1. The van der Waals surface area contributed by atoms with Crippen molar-refractivity contribution in [2.75, 3.05) is 13.6 Å². The fraction of sp³-hybridized carbons (Fsp3) is 0.375. The van der Waals surface area contributed by atoms with Crippen molar-refractivity contribution in [3.63, 3.8) is 0 Å². The summed E-state index contributed by atoms with van der Waals surface area (Å²) in [6.45, 7) is 3.65. The maximum atomic E-state index is 11.7. The number of hydrogen-bond acceptors (Lipinski definition) is 3. The molecule has 0 saturated carbocycles. The van der Waals surface area contributed by atoms with Crippen LogP contribution in [0.25, 0.3) is 10.9 Å². The summed E-state index contributed by atoms with van der Waals surface area (Å²) in [5.41, 5.74) is 3.46. The van der Waals surface area contributed by atoms with Gasteiger partial charge in [0.05, 0.1) is 11.6 Å². The van der Waals surface area contributed by atoms with Crippen LogP contribution in [0.15, 0.2) is 30.5 Å². The molecule has 0 bridgehead atoms. The monoisotopic (exact) mass is 269 g/mol.